The number of amides is 1. The van der Waals surface area contributed by atoms with Crippen molar-refractivity contribution in [1.29, 1.82) is 0 Å². The molecule has 0 saturated carbocycles. The zero-order chi connectivity index (χ0) is 15.8. The summed E-state index contributed by atoms with van der Waals surface area (Å²) >= 11 is 5.21. The fourth-order valence-corrected chi connectivity index (χ4v) is 2.88. The standard InChI is InChI=1S/C16H32N2OS/c1-6-10-16(11-7-2,14(17)20)15(19)18-13(5)9-8-12(3)4/h12-13H,6-11H2,1-5H3,(H2,17,20)(H,18,19). The molecule has 0 aromatic carbocycles. The smallest absolute Gasteiger partial charge is 0.233 e. The fourth-order valence-electron chi connectivity index (χ4n) is 2.58. The molecule has 4 heteroatoms. The van der Waals surface area contributed by atoms with Crippen LogP contribution in [0.3, 0.4) is 0 Å². The third-order valence-corrected chi connectivity index (χ3v) is 4.21. The van der Waals surface area contributed by atoms with Crippen molar-refractivity contribution < 1.29 is 4.79 Å². The Morgan fingerprint density at radius 2 is 1.65 bits per heavy atom. The Balaban J connectivity index is 4.82. The van der Waals surface area contributed by atoms with Crippen LogP contribution in [-0.2, 0) is 4.79 Å². The highest BCUT2D eigenvalue weighted by Gasteiger charge is 2.40. The molecule has 1 atom stereocenters. The van der Waals surface area contributed by atoms with E-state index in [0.29, 0.717) is 10.9 Å². The van der Waals surface area contributed by atoms with Crippen molar-refractivity contribution in [1.82, 2.24) is 5.32 Å². The Kier molecular flexibility index (Phi) is 9.03. The summed E-state index contributed by atoms with van der Waals surface area (Å²) < 4.78 is 0. The van der Waals surface area contributed by atoms with Crippen molar-refractivity contribution in [3.05, 3.63) is 0 Å². The maximum absolute atomic E-state index is 12.7. The molecule has 0 radical (unpaired) electrons. The monoisotopic (exact) mass is 300 g/mol. The zero-order valence-electron chi connectivity index (χ0n) is 13.8. The van der Waals surface area contributed by atoms with Gasteiger partial charge in [-0.1, -0.05) is 52.8 Å². The molecular formula is C16H32N2OS. The summed E-state index contributed by atoms with van der Waals surface area (Å²) in [7, 11) is 0. The molecule has 118 valence electrons. The van der Waals surface area contributed by atoms with Crippen LogP contribution >= 0.6 is 12.2 Å². The highest BCUT2D eigenvalue weighted by Crippen LogP contribution is 2.31. The third-order valence-electron chi connectivity index (χ3n) is 3.81. The van der Waals surface area contributed by atoms with Gasteiger partial charge >= 0.3 is 0 Å². The normalized spacial score (nSPS) is 13.3. The van der Waals surface area contributed by atoms with Crippen LogP contribution in [0.5, 0.6) is 0 Å². The van der Waals surface area contributed by atoms with E-state index in [1.54, 1.807) is 0 Å². The van der Waals surface area contributed by atoms with Gasteiger partial charge in [0.25, 0.3) is 0 Å². The topological polar surface area (TPSA) is 55.1 Å². The van der Waals surface area contributed by atoms with Gasteiger partial charge in [0.15, 0.2) is 0 Å². The van der Waals surface area contributed by atoms with Gasteiger partial charge in [0.2, 0.25) is 5.91 Å². The maximum atomic E-state index is 12.7. The predicted molar refractivity (Wildman–Crippen MR) is 90.7 cm³/mol. The van der Waals surface area contributed by atoms with Crippen molar-refractivity contribution in [2.45, 2.75) is 79.2 Å². The molecule has 0 aromatic heterocycles. The zero-order valence-corrected chi connectivity index (χ0v) is 14.6. The number of nitrogens with one attached hydrogen (secondary N) is 1. The number of carbonyl (C=O) groups is 1. The van der Waals surface area contributed by atoms with Crippen LogP contribution in [-0.4, -0.2) is 16.9 Å². The minimum absolute atomic E-state index is 0.0185. The first kappa shape index (κ1) is 19.4. The van der Waals surface area contributed by atoms with E-state index in [4.69, 9.17) is 18.0 Å². The van der Waals surface area contributed by atoms with E-state index < -0.39 is 5.41 Å². The molecule has 1 amide bonds. The Hall–Kier alpha value is -0.640. The molecular weight excluding hydrogens is 268 g/mol. The van der Waals surface area contributed by atoms with Gasteiger partial charge in [-0.2, -0.15) is 0 Å². The molecule has 3 N–H and O–H groups in total. The highest BCUT2D eigenvalue weighted by atomic mass is 32.1. The second-order valence-electron chi connectivity index (χ2n) is 6.29. The molecule has 20 heavy (non-hydrogen) atoms. The highest BCUT2D eigenvalue weighted by molar-refractivity contribution is 7.80. The van der Waals surface area contributed by atoms with Crippen LogP contribution in [0, 0.1) is 11.3 Å². The minimum Gasteiger partial charge on any atom is -0.392 e. The first-order valence-corrected chi connectivity index (χ1v) is 8.31. The number of hydrogen-bond donors (Lipinski definition) is 2. The van der Waals surface area contributed by atoms with E-state index in [2.05, 4.69) is 39.9 Å². The molecule has 0 rings (SSSR count). The van der Waals surface area contributed by atoms with Crippen LogP contribution in [0.4, 0.5) is 0 Å². The van der Waals surface area contributed by atoms with E-state index in [1.165, 1.54) is 0 Å². The van der Waals surface area contributed by atoms with E-state index in [1.807, 2.05) is 0 Å². The summed E-state index contributed by atoms with van der Waals surface area (Å²) in [4.78, 5) is 13.0. The SMILES string of the molecule is CCCC(CCC)(C(=O)NC(C)CCC(C)C)C(N)=S. The number of rotatable bonds is 10. The van der Waals surface area contributed by atoms with Gasteiger partial charge in [0.05, 0.1) is 10.4 Å². The van der Waals surface area contributed by atoms with Gasteiger partial charge in [-0.05, 0) is 38.5 Å². The van der Waals surface area contributed by atoms with Gasteiger partial charge in [-0.3, -0.25) is 4.79 Å². The minimum atomic E-state index is -0.662. The number of thiocarbonyl (C=S) groups is 1. The summed E-state index contributed by atoms with van der Waals surface area (Å²) in [6.45, 7) is 10.6. The molecule has 0 aliphatic heterocycles. The lowest BCUT2D eigenvalue weighted by atomic mass is 9.78. The molecule has 3 nitrogen and oxygen atoms in total. The molecule has 0 aliphatic carbocycles. The number of carbonyl (C=O) groups excluding carboxylic acids is 1. The van der Waals surface area contributed by atoms with Crippen molar-refractivity contribution >= 4 is 23.1 Å². The van der Waals surface area contributed by atoms with Crippen LogP contribution in [0.1, 0.15) is 73.1 Å². The summed E-state index contributed by atoms with van der Waals surface area (Å²) in [5, 5.41) is 3.12. The summed E-state index contributed by atoms with van der Waals surface area (Å²) in [5.74, 6) is 0.672. The average Bonchev–Trinajstić information content (AvgIpc) is 2.35. The first-order chi connectivity index (χ1) is 9.30. The van der Waals surface area contributed by atoms with Crippen molar-refractivity contribution in [2.75, 3.05) is 0 Å². The lowest BCUT2D eigenvalue weighted by Crippen LogP contribution is -2.51. The maximum Gasteiger partial charge on any atom is 0.233 e. The van der Waals surface area contributed by atoms with Crippen LogP contribution < -0.4 is 11.1 Å². The van der Waals surface area contributed by atoms with Gasteiger partial charge in [0.1, 0.15) is 0 Å². The molecule has 0 spiro atoms. The second kappa shape index (κ2) is 9.32. The van der Waals surface area contributed by atoms with Crippen molar-refractivity contribution in [2.24, 2.45) is 17.1 Å². The van der Waals surface area contributed by atoms with E-state index >= 15 is 0 Å². The van der Waals surface area contributed by atoms with Gasteiger partial charge < -0.3 is 11.1 Å². The average molecular weight is 301 g/mol. The molecule has 0 aliphatic rings. The molecule has 0 aromatic rings. The summed E-state index contributed by atoms with van der Waals surface area (Å²) in [5.41, 5.74) is 5.25. The summed E-state index contributed by atoms with van der Waals surface area (Å²) in [6.07, 6.45) is 5.40. The lowest BCUT2D eigenvalue weighted by Gasteiger charge is -2.32. The van der Waals surface area contributed by atoms with Gasteiger partial charge in [-0.15, -0.1) is 0 Å². The Morgan fingerprint density at radius 1 is 1.15 bits per heavy atom. The Morgan fingerprint density at radius 3 is 2.00 bits per heavy atom. The van der Waals surface area contributed by atoms with Crippen LogP contribution in [0.15, 0.2) is 0 Å². The van der Waals surface area contributed by atoms with Crippen molar-refractivity contribution in [3.8, 4) is 0 Å². The van der Waals surface area contributed by atoms with Gasteiger partial charge in [0, 0.05) is 6.04 Å². The van der Waals surface area contributed by atoms with Crippen LogP contribution in [0.2, 0.25) is 0 Å². The van der Waals surface area contributed by atoms with Gasteiger partial charge in [-0.25, -0.2) is 0 Å². The summed E-state index contributed by atoms with van der Waals surface area (Å²) in [6, 6.07) is 0.173. The second-order valence-corrected chi connectivity index (χ2v) is 6.73. The van der Waals surface area contributed by atoms with Crippen molar-refractivity contribution in [3.63, 3.8) is 0 Å². The van der Waals surface area contributed by atoms with E-state index in [0.717, 1.165) is 38.5 Å². The number of hydrogen-bond acceptors (Lipinski definition) is 2. The fraction of sp³-hybridized carbons (Fsp3) is 0.875. The molecule has 0 bridgehead atoms. The molecule has 0 heterocycles. The largest absolute Gasteiger partial charge is 0.392 e. The quantitative estimate of drug-likeness (QED) is 0.603. The van der Waals surface area contributed by atoms with E-state index in [-0.39, 0.29) is 11.9 Å². The predicted octanol–water partition coefficient (Wildman–Crippen LogP) is 3.80. The number of nitrogens with two attached hydrogens (primary N) is 1. The first-order valence-electron chi connectivity index (χ1n) is 7.91. The lowest BCUT2D eigenvalue weighted by molar-refractivity contribution is -0.128. The molecule has 1 unspecified atom stereocenters. The Labute approximate surface area is 130 Å². The Bertz CT molecular complexity index is 310. The van der Waals surface area contributed by atoms with Crippen LogP contribution in [0.25, 0.3) is 0 Å². The molecule has 0 saturated heterocycles. The molecule has 0 fully saturated rings. The van der Waals surface area contributed by atoms with E-state index in [9.17, 15) is 4.79 Å². The third kappa shape index (κ3) is 5.78.